The molecule has 5 heteroatoms. The molecule has 1 unspecified atom stereocenters. The Morgan fingerprint density at radius 3 is 2.70 bits per heavy atom. The van der Waals surface area contributed by atoms with E-state index in [2.05, 4.69) is 4.89 Å². The highest BCUT2D eigenvalue weighted by Crippen LogP contribution is 1.94. The first kappa shape index (κ1) is 9.35. The van der Waals surface area contributed by atoms with Crippen LogP contribution in [0.1, 0.15) is 12.8 Å². The Balaban J connectivity index is 3.41. The SMILES string of the molecule is NC(CCCO)C(=O)OO. The Labute approximate surface area is 58.3 Å². The van der Waals surface area contributed by atoms with Crippen molar-refractivity contribution in [2.24, 2.45) is 5.73 Å². The summed E-state index contributed by atoms with van der Waals surface area (Å²) >= 11 is 0. The molecule has 0 fully saturated rings. The van der Waals surface area contributed by atoms with Crippen LogP contribution in [0.4, 0.5) is 0 Å². The maximum atomic E-state index is 10.3. The molecule has 10 heavy (non-hydrogen) atoms. The topological polar surface area (TPSA) is 92.8 Å². The number of nitrogens with two attached hydrogens (primary N) is 1. The monoisotopic (exact) mass is 149 g/mol. The fourth-order valence-electron chi connectivity index (χ4n) is 0.497. The summed E-state index contributed by atoms with van der Waals surface area (Å²) in [7, 11) is 0. The van der Waals surface area contributed by atoms with Crippen LogP contribution in [0.3, 0.4) is 0 Å². The summed E-state index contributed by atoms with van der Waals surface area (Å²) in [6, 6.07) is -0.836. The van der Waals surface area contributed by atoms with Crippen molar-refractivity contribution in [3.63, 3.8) is 0 Å². The molecule has 0 aliphatic rings. The Bertz CT molecular complexity index is 106. The van der Waals surface area contributed by atoms with E-state index in [1.807, 2.05) is 0 Å². The minimum Gasteiger partial charge on any atom is -0.396 e. The second-order valence-electron chi connectivity index (χ2n) is 1.88. The minimum atomic E-state index is -0.867. The van der Waals surface area contributed by atoms with Gasteiger partial charge in [0.2, 0.25) is 0 Å². The summed E-state index contributed by atoms with van der Waals surface area (Å²) in [5.41, 5.74) is 5.17. The third-order valence-electron chi connectivity index (χ3n) is 1.07. The van der Waals surface area contributed by atoms with E-state index in [-0.39, 0.29) is 6.61 Å². The Morgan fingerprint density at radius 1 is 1.70 bits per heavy atom. The van der Waals surface area contributed by atoms with Crippen molar-refractivity contribution in [1.82, 2.24) is 0 Å². The molecule has 60 valence electrons. The molecule has 0 saturated carbocycles. The van der Waals surface area contributed by atoms with E-state index in [0.29, 0.717) is 12.8 Å². The maximum absolute atomic E-state index is 10.3. The molecule has 0 heterocycles. The van der Waals surface area contributed by atoms with Gasteiger partial charge in [0.1, 0.15) is 6.04 Å². The van der Waals surface area contributed by atoms with Gasteiger partial charge in [-0.2, -0.15) is 5.26 Å². The molecule has 5 nitrogen and oxygen atoms in total. The first-order chi connectivity index (χ1) is 4.72. The number of rotatable bonds is 4. The molecule has 0 aromatic heterocycles. The maximum Gasteiger partial charge on any atom is 0.358 e. The van der Waals surface area contributed by atoms with Crippen LogP contribution in [0.5, 0.6) is 0 Å². The summed E-state index contributed by atoms with van der Waals surface area (Å²) in [5.74, 6) is -0.867. The van der Waals surface area contributed by atoms with E-state index in [9.17, 15) is 4.79 Å². The Hall–Kier alpha value is -0.650. The molecule has 0 bridgehead atoms. The van der Waals surface area contributed by atoms with Crippen molar-refractivity contribution in [1.29, 1.82) is 0 Å². The Morgan fingerprint density at radius 2 is 2.30 bits per heavy atom. The third kappa shape index (κ3) is 3.39. The van der Waals surface area contributed by atoms with Crippen LogP contribution in [0.2, 0.25) is 0 Å². The number of hydrogen-bond acceptors (Lipinski definition) is 5. The van der Waals surface area contributed by atoms with Crippen molar-refractivity contribution >= 4 is 5.97 Å². The fraction of sp³-hybridized carbons (Fsp3) is 0.800. The molecular formula is C5H11NO4. The first-order valence-corrected chi connectivity index (χ1v) is 2.94. The van der Waals surface area contributed by atoms with Crippen molar-refractivity contribution in [3.05, 3.63) is 0 Å². The summed E-state index contributed by atoms with van der Waals surface area (Å²) in [4.78, 5) is 13.7. The van der Waals surface area contributed by atoms with Crippen LogP contribution >= 0.6 is 0 Å². The van der Waals surface area contributed by atoms with Crippen molar-refractivity contribution in [3.8, 4) is 0 Å². The molecular weight excluding hydrogens is 138 g/mol. The second kappa shape index (κ2) is 5.16. The van der Waals surface area contributed by atoms with Gasteiger partial charge in [0.25, 0.3) is 0 Å². The van der Waals surface area contributed by atoms with Crippen LogP contribution in [-0.2, 0) is 9.68 Å². The van der Waals surface area contributed by atoms with Gasteiger partial charge in [-0.25, -0.2) is 4.79 Å². The zero-order chi connectivity index (χ0) is 7.98. The van der Waals surface area contributed by atoms with Crippen molar-refractivity contribution in [2.75, 3.05) is 6.61 Å². The molecule has 0 amide bonds. The quantitative estimate of drug-likeness (QED) is 0.356. The number of aliphatic hydroxyl groups is 1. The van der Waals surface area contributed by atoms with Gasteiger partial charge < -0.3 is 10.8 Å². The predicted molar refractivity (Wildman–Crippen MR) is 33.0 cm³/mol. The number of carbonyl (C=O) groups is 1. The standard InChI is InChI=1S/C5H11NO4/c6-4(2-1-3-7)5(8)10-9/h4,7,9H,1-3,6H2. The molecule has 0 aliphatic heterocycles. The lowest BCUT2D eigenvalue weighted by Gasteiger charge is -2.04. The van der Waals surface area contributed by atoms with E-state index in [4.69, 9.17) is 16.1 Å². The number of hydrogen-bond donors (Lipinski definition) is 3. The largest absolute Gasteiger partial charge is 0.396 e. The van der Waals surface area contributed by atoms with E-state index in [1.165, 1.54) is 0 Å². The lowest BCUT2D eigenvalue weighted by atomic mass is 10.2. The molecule has 4 N–H and O–H groups in total. The van der Waals surface area contributed by atoms with Crippen LogP contribution in [0.15, 0.2) is 0 Å². The smallest absolute Gasteiger partial charge is 0.358 e. The average molecular weight is 149 g/mol. The molecule has 0 radical (unpaired) electrons. The van der Waals surface area contributed by atoms with Gasteiger partial charge in [-0.05, 0) is 12.8 Å². The van der Waals surface area contributed by atoms with E-state index in [1.54, 1.807) is 0 Å². The lowest BCUT2D eigenvalue weighted by molar-refractivity contribution is -0.235. The van der Waals surface area contributed by atoms with Crippen LogP contribution in [0.25, 0.3) is 0 Å². The molecule has 0 rings (SSSR count). The number of aliphatic hydroxyl groups excluding tert-OH is 1. The van der Waals surface area contributed by atoms with Gasteiger partial charge in [-0.1, -0.05) is 0 Å². The van der Waals surface area contributed by atoms with E-state index < -0.39 is 12.0 Å². The van der Waals surface area contributed by atoms with E-state index >= 15 is 0 Å². The molecule has 0 aliphatic carbocycles. The van der Waals surface area contributed by atoms with E-state index in [0.717, 1.165) is 0 Å². The minimum absolute atomic E-state index is 0.0214. The van der Waals surface area contributed by atoms with Gasteiger partial charge in [0, 0.05) is 6.61 Å². The summed E-state index contributed by atoms with van der Waals surface area (Å²) in [6.07, 6.45) is 0.742. The predicted octanol–water partition coefficient (Wildman–Crippen LogP) is -0.898. The number of carbonyl (C=O) groups excluding carboxylic acids is 1. The van der Waals surface area contributed by atoms with Gasteiger partial charge in [0.05, 0.1) is 0 Å². The second-order valence-corrected chi connectivity index (χ2v) is 1.88. The molecule has 0 spiro atoms. The zero-order valence-corrected chi connectivity index (χ0v) is 5.49. The van der Waals surface area contributed by atoms with Gasteiger partial charge in [-0.3, -0.25) is 4.89 Å². The highest BCUT2D eigenvalue weighted by molar-refractivity contribution is 5.74. The van der Waals surface area contributed by atoms with Crippen LogP contribution < -0.4 is 5.73 Å². The van der Waals surface area contributed by atoms with Gasteiger partial charge in [-0.15, -0.1) is 0 Å². The lowest BCUT2D eigenvalue weighted by Crippen LogP contribution is -2.31. The summed E-state index contributed by atoms with van der Waals surface area (Å²) in [6.45, 7) is -0.0214. The summed E-state index contributed by atoms with van der Waals surface area (Å²) < 4.78 is 0. The summed E-state index contributed by atoms with van der Waals surface area (Å²) in [5, 5.41) is 16.1. The third-order valence-corrected chi connectivity index (χ3v) is 1.07. The van der Waals surface area contributed by atoms with Gasteiger partial charge in [0.15, 0.2) is 0 Å². The molecule has 0 aromatic rings. The zero-order valence-electron chi connectivity index (χ0n) is 5.49. The Kier molecular flexibility index (Phi) is 4.82. The highest BCUT2D eigenvalue weighted by Gasteiger charge is 2.13. The van der Waals surface area contributed by atoms with Crippen molar-refractivity contribution < 1.29 is 20.0 Å². The highest BCUT2D eigenvalue weighted by atomic mass is 17.1. The average Bonchev–Trinajstić information content (AvgIpc) is 1.98. The first-order valence-electron chi connectivity index (χ1n) is 2.94. The van der Waals surface area contributed by atoms with Crippen LogP contribution in [-0.4, -0.2) is 29.0 Å². The van der Waals surface area contributed by atoms with Crippen LogP contribution in [0, 0.1) is 0 Å². The molecule has 1 atom stereocenters. The molecule has 0 aromatic carbocycles. The molecule has 0 saturated heterocycles. The van der Waals surface area contributed by atoms with Crippen molar-refractivity contribution in [2.45, 2.75) is 18.9 Å². The normalized spacial score (nSPS) is 12.7. The van der Waals surface area contributed by atoms with Gasteiger partial charge >= 0.3 is 5.97 Å². The fourth-order valence-corrected chi connectivity index (χ4v) is 0.497.